The van der Waals surface area contributed by atoms with Crippen molar-refractivity contribution in [1.82, 2.24) is 19.4 Å². The van der Waals surface area contributed by atoms with Gasteiger partial charge in [0, 0.05) is 31.4 Å². The third kappa shape index (κ3) is 4.90. The summed E-state index contributed by atoms with van der Waals surface area (Å²) in [6, 6.07) is 20.2. The molecule has 5 rings (SSSR count). The largest absolute Gasteiger partial charge is 0.506 e. The summed E-state index contributed by atoms with van der Waals surface area (Å²) in [5.74, 6) is 0.953. The van der Waals surface area contributed by atoms with Gasteiger partial charge in [-0.1, -0.05) is 36.4 Å². The fourth-order valence-corrected chi connectivity index (χ4v) is 4.67. The molecule has 7 nitrogen and oxygen atoms in total. The van der Waals surface area contributed by atoms with Crippen LogP contribution < -0.4 is 5.32 Å². The van der Waals surface area contributed by atoms with Crippen molar-refractivity contribution in [3.8, 4) is 5.75 Å². The first-order valence-corrected chi connectivity index (χ1v) is 11.9. The van der Waals surface area contributed by atoms with Crippen LogP contribution in [0.15, 0.2) is 60.7 Å². The van der Waals surface area contributed by atoms with Gasteiger partial charge < -0.3 is 20.1 Å². The normalized spacial score (nSPS) is 15.1. The molecule has 1 aliphatic heterocycles. The molecule has 0 radical (unpaired) electrons. The van der Waals surface area contributed by atoms with Crippen molar-refractivity contribution in [3.63, 3.8) is 0 Å². The number of imidazole rings is 1. The van der Waals surface area contributed by atoms with E-state index in [1.165, 1.54) is 5.56 Å². The van der Waals surface area contributed by atoms with Crippen LogP contribution in [0, 0.1) is 6.92 Å². The molecule has 3 heterocycles. The Morgan fingerprint density at radius 1 is 0.941 bits per heavy atom. The maximum atomic E-state index is 10.4. The molecule has 3 N–H and O–H groups in total. The standard InChI is InChI=1S/C27H31N5O2/c1-19-7-10-26(34)24(28-19)17-32-25-9-8-21(18-33)15-23(25)30-27(32)29-22-11-13-31(14-12-22)16-20-5-3-2-4-6-20/h2-10,15,22,33-34H,11-14,16-18H2,1H3,(H,29,30). The number of nitrogens with one attached hydrogen (secondary N) is 1. The average molecular weight is 458 g/mol. The lowest BCUT2D eigenvalue weighted by Crippen LogP contribution is -2.39. The molecule has 1 saturated heterocycles. The Hall–Kier alpha value is -3.42. The maximum Gasteiger partial charge on any atom is 0.204 e. The second-order valence-electron chi connectivity index (χ2n) is 9.10. The minimum Gasteiger partial charge on any atom is -0.506 e. The van der Waals surface area contributed by atoms with Gasteiger partial charge in [-0.2, -0.15) is 0 Å². The van der Waals surface area contributed by atoms with Crippen molar-refractivity contribution in [1.29, 1.82) is 0 Å². The third-order valence-corrected chi connectivity index (χ3v) is 6.56. The predicted octanol–water partition coefficient (Wildman–Crippen LogP) is 4.06. The van der Waals surface area contributed by atoms with E-state index in [1.54, 1.807) is 12.1 Å². The number of hydrogen-bond donors (Lipinski definition) is 3. The molecule has 0 amide bonds. The van der Waals surface area contributed by atoms with Crippen molar-refractivity contribution in [2.45, 2.75) is 45.5 Å². The number of rotatable bonds is 7. The number of fused-ring (bicyclic) bond motifs is 1. The van der Waals surface area contributed by atoms with E-state index in [1.807, 2.05) is 25.1 Å². The number of piperidine rings is 1. The van der Waals surface area contributed by atoms with E-state index in [0.29, 0.717) is 18.3 Å². The van der Waals surface area contributed by atoms with Crippen molar-refractivity contribution >= 4 is 17.0 Å². The molecule has 2 aromatic carbocycles. The molecule has 4 aromatic rings. The number of aromatic nitrogens is 3. The lowest BCUT2D eigenvalue weighted by atomic mass is 10.0. The Labute approximate surface area is 199 Å². The Balaban J connectivity index is 1.36. The van der Waals surface area contributed by atoms with Gasteiger partial charge in [0.15, 0.2) is 0 Å². The van der Waals surface area contributed by atoms with E-state index in [0.717, 1.165) is 60.7 Å². The summed E-state index contributed by atoms with van der Waals surface area (Å²) in [6.07, 6.45) is 2.07. The number of aliphatic hydroxyl groups excluding tert-OH is 1. The van der Waals surface area contributed by atoms with E-state index in [4.69, 9.17) is 4.98 Å². The molecule has 176 valence electrons. The molecule has 0 unspecified atom stereocenters. The molecular weight excluding hydrogens is 426 g/mol. The summed E-state index contributed by atoms with van der Waals surface area (Å²) in [5, 5.41) is 23.6. The number of hydrogen-bond acceptors (Lipinski definition) is 6. The molecule has 34 heavy (non-hydrogen) atoms. The van der Waals surface area contributed by atoms with Gasteiger partial charge in [-0.25, -0.2) is 4.98 Å². The SMILES string of the molecule is Cc1ccc(O)c(Cn2c(NC3CCN(Cc4ccccc4)CC3)nc3cc(CO)ccc32)n1. The second-order valence-corrected chi connectivity index (χ2v) is 9.10. The smallest absolute Gasteiger partial charge is 0.204 e. The van der Waals surface area contributed by atoms with Gasteiger partial charge in [0.25, 0.3) is 0 Å². The quantitative estimate of drug-likeness (QED) is 0.388. The minimum atomic E-state index is -0.0222. The summed E-state index contributed by atoms with van der Waals surface area (Å²) in [5.41, 5.74) is 5.42. The number of anilines is 1. The molecule has 0 saturated carbocycles. The summed E-state index contributed by atoms with van der Waals surface area (Å²) in [7, 11) is 0. The van der Waals surface area contributed by atoms with Gasteiger partial charge in [0.1, 0.15) is 11.4 Å². The van der Waals surface area contributed by atoms with Gasteiger partial charge in [0.05, 0.1) is 24.2 Å². The molecule has 2 aromatic heterocycles. The van der Waals surface area contributed by atoms with Crippen LogP contribution in [0.1, 0.15) is 35.4 Å². The Morgan fingerprint density at radius 3 is 2.50 bits per heavy atom. The van der Waals surface area contributed by atoms with Crippen LogP contribution in [0.25, 0.3) is 11.0 Å². The molecule has 0 bridgehead atoms. The first kappa shape index (κ1) is 22.4. The van der Waals surface area contributed by atoms with Crippen LogP contribution in [0.5, 0.6) is 5.75 Å². The Morgan fingerprint density at radius 2 is 1.74 bits per heavy atom. The van der Waals surface area contributed by atoms with Gasteiger partial charge in [-0.3, -0.25) is 9.88 Å². The summed E-state index contributed by atoms with van der Waals surface area (Å²) < 4.78 is 2.08. The van der Waals surface area contributed by atoms with E-state index < -0.39 is 0 Å². The van der Waals surface area contributed by atoms with Crippen LogP contribution in [0.3, 0.4) is 0 Å². The first-order valence-electron chi connectivity index (χ1n) is 11.9. The number of aliphatic hydroxyl groups is 1. The fourth-order valence-electron chi connectivity index (χ4n) is 4.67. The lowest BCUT2D eigenvalue weighted by molar-refractivity contribution is 0.211. The zero-order valence-electron chi connectivity index (χ0n) is 19.5. The van der Waals surface area contributed by atoms with Crippen molar-refractivity contribution in [2.24, 2.45) is 0 Å². The molecule has 0 aliphatic carbocycles. The fraction of sp³-hybridized carbons (Fsp3) is 0.333. The average Bonchev–Trinajstić information content (AvgIpc) is 3.19. The monoisotopic (exact) mass is 457 g/mol. The molecule has 7 heteroatoms. The van der Waals surface area contributed by atoms with Crippen molar-refractivity contribution < 1.29 is 10.2 Å². The summed E-state index contributed by atoms with van der Waals surface area (Å²) >= 11 is 0. The zero-order valence-corrected chi connectivity index (χ0v) is 19.5. The highest BCUT2D eigenvalue weighted by atomic mass is 16.3. The molecule has 0 spiro atoms. The number of pyridine rings is 1. The first-order chi connectivity index (χ1) is 16.6. The number of benzene rings is 2. The van der Waals surface area contributed by atoms with E-state index in [9.17, 15) is 10.2 Å². The molecule has 1 aliphatic rings. The number of aromatic hydroxyl groups is 1. The van der Waals surface area contributed by atoms with Crippen molar-refractivity contribution in [3.05, 3.63) is 83.2 Å². The Kier molecular flexibility index (Phi) is 6.47. The van der Waals surface area contributed by atoms with Gasteiger partial charge in [0.2, 0.25) is 5.95 Å². The number of nitrogens with zero attached hydrogens (tertiary/aromatic N) is 4. The van der Waals surface area contributed by atoms with Crippen molar-refractivity contribution in [2.75, 3.05) is 18.4 Å². The van der Waals surface area contributed by atoms with Crippen LogP contribution >= 0.6 is 0 Å². The van der Waals surface area contributed by atoms with Crippen LogP contribution in [0.4, 0.5) is 5.95 Å². The van der Waals surface area contributed by atoms with Gasteiger partial charge in [-0.15, -0.1) is 0 Å². The number of likely N-dealkylation sites (tertiary alicyclic amines) is 1. The highest BCUT2D eigenvalue weighted by molar-refractivity contribution is 5.79. The molecule has 1 fully saturated rings. The van der Waals surface area contributed by atoms with E-state index in [2.05, 4.69) is 50.1 Å². The summed E-state index contributed by atoms with van der Waals surface area (Å²) in [6.45, 7) is 5.35. The molecule has 0 atom stereocenters. The predicted molar refractivity (Wildman–Crippen MR) is 134 cm³/mol. The lowest BCUT2D eigenvalue weighted by Gasteiger charge is -2.32. The topological polar surface area (TPSA) is 86.4 Å². The third-order valence-electron chi connectivity index (χ3n) is 6.56. The van der Waals surface area contributed by atoms with Gasteiger partial charge >= 0.3 is 0 Å². The highest BCUT2D eigenvalue weighted by Crippen LogP contribution is 2.27. The maximum absolute atomic E-state index is 10.4. The van der Waals surface area contributed by atoms with Gasteiger partial charge in [-0.05, 0) is 55.2 Å². The number of aryl methyl sites for hydroxylation is 1. The van der Waals surface area contributed by atoms with E-state index >= 15 is 0 Å². The highest BCUT2D eigenvalue weighted by Gasteiger charge is 2.22. The summed E-state index contributed by atoms with van der Waals surface area (Å²) in [4.78, 5) is 11.9. The zero-order chi connectivity index (χ0) is 23.5. The van der Waals surface area contributed by atoms with Crippen LogP contribution in [-0.2, 0) is 19.7 Å². The minimum absolute atomic E-state index is 0.0222. The second kappa shape index (κ2) is 9.83. The Bertz CT molecular complexity index is 1260. The van der Waals surface area contributed by atoms with Crippen LogP contribution in [0.2, 0.25) is 0 Å². The molecular formula is C27H31N5O2. The van der Waals surface area contributed by atoms with Crippen LogP contribution in [-0.4, -0.2) is 48.8 Å². The van der Waals surface area contributed by atoms with E-state index in [-0.39, 0.29) is 12.4 Å².